The molecular formula is C15H15ClN2OS. The van der Waals surface area contributed by atoms with Crippen LogP contribution >= 0.6 is 23.8 Å². The van der Waals surface area contributed by atoms with Crippen LogP contribution in [0.3, 0.4) is 0 Å². The van der Waals surface area contributed by atoms with Gasteiger partial charge in [-0.15, -0.1) is 0 Å². The summed E-state index contributed by atoms with van der Waals surface area (Å²) in [6.45, 7) is 1.94. The van der Waals surface area contributed by atoms with Crippen molar-refractivity contribution in [3.63, 3.8) is 0 Å². The summed E-state index contributed by atoms with van der Waals surface area (Å²) in [5, 5.41) is 7.43. The molecule has 0 saturated heterocycles. The van der Waals surface area contributed by atoms with Gasteiger partial charge in [0, 0.05) is 10.7 Å². The maximum absolute atomic E-state index is 6.08. The molecule has 3 nitrogen and oxygen atoms in total. The molecule has 0 unspecified atom stereocenters. The van der Waals surface area contributed by atoms with Gasteiger partial charge in [-0.25, -0.2) is 0 Å². The monoisotopic (exact) mass is 306 g/mol. The summed E-state index contributed by atoms with van der Waals surface area (Å²) >= 11 is 11.4. The maximum Gasteiger partial charge on any atom is 0.175 e. The third kappa shape index (κ3) is 3.40. The van der Waals surface area contributed by atoms with Gasteiger partial charge in [0.25, 0.3) is 0 Å². The van der Waals surface area contributed by atoms with Gasteiger partial charge in [0.15, 0.2) is 5.11 Å². The lowest BCUT2D eigenvalue weighted by molar-refractivity contribution is 0.417. The van der Waals surface area contributed by atoms with Gasteiger partial charge in [-0.3, -0.25) is 0 Å². The number of methoxy groups -OCH3 is 1. The van der Waals surface area contributed by atoms with E-state index in [1.54, 1.807) is 7.11 Å². The Morgan fingerprint density at radius 2 is 1.70 bits per heavy atom. The molecule has 2 aromatic rings. The van der Waals surface area contributed by atoms with Crippen molar-refractivity contribution in [1.82, 2.24) is 0 Å². The fraction of sp³-hybridized carbons (Fsp3) is 0.133. The first-order valence-corrected chi connectivity index (χ1v) is 6.86. The quantitative estimate of drug-likeness (QED) is 0.820. The Labute approximate surface area is 128 Å². The molecule has 0 bridgehead atoms. The maximum atomic E-state index is 6.08. The number of ether oxygens (including phenoxy) is 1. The Morgan fingerprint density at radius 3 is 2.45 bits per heavy atom. The third-order valence-corrected chi connectivity index (χ3v) is 3.48. The molecule has 2 rings (SSSR count). The first kappa shape index (κ1) is 14.6. The molecule has 0 amide bonds. The van der Waals surface area contributed by atoms with Crippen molar-refractivity contribution in [2.75, 3.05) is 17.7 Å². The van der Waals surface area contributed by atoms with E-state index in [9.17, 15) is 0 Å². The van der Waals surface area contributed by atoms with Crippen LogP contribution in [-0.2, 0) is 0 Å². The molecule has 20 heavy (non-hydrogen) atoms. The lowest BCUT2D eigenvalue weighted by atomic mass is 10.2. The SMILES string of the molecule is COc1ccccc1NC(=S)Nc1cccc(Cl)c1C. The second-order valence-electron chi connectivity index (χ2n) is 4.19. The Hall–Kier alpha value is -1.78. The third-order valence-electron chi connectivity index (χ3n) is 2.87. The molecule has 0 atom stereocenters. The van der Waals surface area contributed by atoms with Gasteiger partial charge in [-0.1, -0.05) is 29.8 Å². The van der Waals surface area contributed by atoms with Crippen molar-refractivity contribution in [3.05, 3.63) is 53.1 Å². The zero-order chi connectivity index (χ0) is 14.5. The second-order valence-corrected chi connectivity index (χ2v) is 5.01. The molecule has 0 spiro atoms. The summed E-state index contributed by atoms with van der Waals surface area (Å²) < 4.78 is 5.27. The summed E-state index contributed by atoms with van der Waals surface area (Å²) in [5.41, 5.74) is 2.65. The van der Waals surface area contributed by atoms with Gasteiger partial charge in [-0.2, -0.15) is 0 Å². The van der Waals surface area contributed by atoms with Crippen LogP contribution < -0.4 is 15.4 Å². The standard InChI is InChI=1S/C15H15ClN2OS/c1-10-11(16)6-5-8-12(10)17-15(20)18-13-7-3-4-9-14(13)19-2/h3-9H,1-2H3,(H2,17,18,20). The van der Waals surface area contributed by atoms with Gasteiger partial charge in [-0.05, 0) is 49.0 Å². The van der Waals surface area contributed by atoms with Crippen LogP contribution in [0, 0.1) is 6.92 Å². The predicted molar refractivity (Wildman–Crippen MR) is 89.0 cm³/mol. The van der Waals surface area contributed by atoms with Crippen molar-refractivity contribution in [2.45, 2.75) is 6.92 Å². The van der Waals surface area contributed by atoms with Crippen molar-refractivity contribution in [1.29, 1.82) is 0 Å². The van der Waals surface area contributed by atoms with E-state index >= 15 is 0 Å². The summed E-state index contributed by atoms with van der Waals surface area (Å²) in [6.07, 6.45) is 0. The molecule has 0 heterocycles. The van der Waals surface area contributed by atoms with Gasteiger partial charge in [0.1, 0.15) is 5.75 Å². The predicted octanol–water partition coefficient (Wildman–Crippen LogP) is 4.47. The molecule has 2 aromatic carbocycles. The summed E-state index contributed by atoms with van der Waals surface area (Å²) in [4.78, 5) is 0. The second kappa shape index (κ2) is 6.59. The van der Waals surface area contributed by atoms with Crippen molar-refractivity contribution >= 4 is 40.3 Å². The minimum absolute atomic E-state index is 0.486. The summed E-state index contributed by atoms with van der Waals surface area (Å²) in [5.74, 6) is 0.736. The minimum Gasteiger partial charge on any atom is -0.495 e. The number of rotatable bonds is 3. The first-order valence-electron chi connectivity index (χ1n) is 6.08. The molecule has 0 fully saturated rings. The van der Waals surface area contributed by atoms with E-state index in [2.05, 4.69) is 10.6 Å². The summed E-state index contributed by atoms with van der Waals surface area (Å²) in [6, 6.07) is 13.2. The Kier molecular flexibility index (Phi) is 4.82. The Morgan fingerprint density at radius 1 is 1.05 bits per heavy atom. The van der Waals surface area contributed by atoms with Crippen molar-refractivity contribution < 1.29 is 4.74 Å². The number of halogens is 1. The van der Waals surface area contributed by atoms with Gasteiger partial charge in [0.2, 0.25) is 0 Å². The highest BCUT2D eigenvalue weighted by molar-refractivity contribution is 7.80. The Bertz CT molecular complexity index is 631. The van der Waals surface area contributed by atoms with E-state index < -0.39 is 0 Å². The van der Waals surface area contributed by atoms with Crippen LogP contribution in [0.25, 0.3) is 0 Å². The van der Waals surface area contributed by atoms with Crippen LogP contribution in [-0.4, -0.2) is 12.2 Å². The average Bonchev–Trinajstić information content (AvgIpc) is 2.44. The largest absolute Gasteiger partial charge is 0.495 e. The fourth-order valence-corrected chi connectivity index (χ4v) is 2.16. The lowest BCUT2D eigenvalue weighted by Gasteiger charge is -2.15. The number of nitrogens with one attached hydrogen (secondary N) is 2. The highest BCUT2D eigenvalue weighted by Gasteiger charge is 2.06. The topological polar surface area (TPSA) is 33.3 Å². The highest BCUT2D eigenvalue weighted by Crippen LogP contribution is 2.25. The van der Waals surface area contributed by atoms with E-state index in [1.165, 1.54) is 0 Å². The molecule has 2 N–H and O–H groups in total. The number of hydrogen-bond donors (Lipinski definition) is 2. The van der Waals surface area contributed by atoms with Gasteiger partial charge in [0.05, 0.1) is 12.8 Å². The number of hydrogen-bond acceptors (Lipinski definition) is 2. The zero-order valence-electron chi connectivity index (χ0n) is 11.2. The number of benzene rings is 2. The smallest absolute Gasteiger partial charge is 0.175 e. The van der Waals surface area contributed by atoms with Crippen LogP contribution in [0.15, 0.2) is 42.5 Å². The van der Waals surface area contributed by atoms with E-state index in [0.29, 0.717) is 10.1 Å². The molecule has 0 aliphatic carbocycles. The molecule has 5 heteroatoms. The molecular weight excluding hydrogens is 292 g/mol. The lowest BCUT2D eigenvalue weighted by Crippen LogP contribution is -2.20. The normalized spacial score (nSPS) is 9.95. The Balaban J connectivity index is 2.11. The average molecular weight is 307 g/mol. The molecule has 0 radical (unpaired) electrons. The highest BCUT2D eigenvalue weighted by atomic mass is 35.5. The van der Waals surface area contributed by atoms with Crippen LogP contribution in [0.2, 0.25) is 5.02 Å². The van der Waals surface area contributed by atoms with E-state index in [0.717, 1.165) is 22.7 Å². The number of anilines is 2. The fourth-order valence-electron chi connectivity index (χ4n) is 1.77. The molecule has 0 aliphatic rings. The number of para-hydroxylation sites is 2. The van der Waals surface area contributed by atoms with Crippen LogP contribution in [0.5, 0.6) is 5.75 Å². The van der Waals surface area contributed by atoms with Gasteiger partial charge >= 0.3 is 0 Å². The van der Waals surface area contributed by atoms with E-state index in [4.69, 9.17) is 28.6 Å². The van der Waals surface area contributed by atoms with Crippen molar-refractivity contribution in [3.8, 4) is 5.75 Å². The molecule has 104 valence electrons. The molecule has 0 aliphatic heterocycles. The number of thiocarbonyl (C=S) groups is 1. The van der Waals surface area contributed by atoms with E-state index in [1.807, 2.05) is 49.4 Å². The van der Waals surface area contributed by atoms with Gasteiger partial charge < -0.3 is 15.4 Å². The first-order chi connectivity index (χ1) is 9.61. The molecule has 0 aromatic heterocycles. The minimum atomic E-state index is 0.486. The van der Waals surface area contributed by atoms with Crippen LogP contribution in [0.1, 0.15) is 5.56 Å². The molecule has 0 saturated carbocycles. The van der Waals surface area contributed by atoms with Crippen molar-refractivity contribution in [2.24, 2.45) is 0 Å². The summed E-state index contributed by atoms with van der Waals surface area (Å²) in [7, 11) is 1.62. The zero-order valence-corrected chi connectivity index (χ0v) is 12.8. The van der Waals surface area contributed by atoms with E-state index in [-0.39, 0.29) is 0 Å². The van der Waals surface area contributed by atoms with Crippen LogP contribution in [0.4, 0.5) is 11.4 Å².